The predicted octanol–water partition coefficient (Wildman–Crippen LogP) is 2.44. The van der Waals surface area contributed by atoms with Gasteiger partial charge in [0.05, 0.1) is 23.6 Å². The average molecular weight is 444 g/mol. The zero-order valence-electron chi connectivity index (χ0n) is 17.8. The molecule has 7 nitrogen and oxygen atoms in total. The van der Waals surface area contributed by atoms with Gasteiger partial charge in [0.15, 0.2) is 0 Å². The van der Waals surface area contributed by atoms with Gasteiger partial charge in [-0.3, -0.25) is 4.79 Å². The van der Waals surface area contributed by atoms with Gasteiger partial charge in [-0.15, -0.1) is 0 Å². The number of carbonyl (C=O) groups excluding carboxylic acids is 1. The number of rotatable bonds is 5. The first-order valence-electron chi connectivity index (χ1n) is 10.7. The van der Waals surface area contributed by atoms with Crippen LogP contribution in [0.2, 0.25) is 0 Å². The summed E-state index contributed by atoms with van der Waals surface area (Å²) in [5, 5.41) is 0. The molecule has 166 valence electrons. The molecule has 2 aliphatic rings. The number of anilines is 1. The molecule has 4 rings (SSSR count). The molecule has 2 aromatic rings. The molecule has 0 unspecified atom stereocenters. The molecule has 31 heavy (non-hydrogen) atoms. The molecule has 0 spiro atoms. The van der Waals surface area contributed by atoms with E-state index in [9.17, 15) is 13.2 Å². The highest BCUT2D eigenvalue weighted by atomic mass is 32.2. The van der Waals surface area contributed by atoms with Crippen molar-refractivity contribution in [1.29, 1.82) is 0 Å². The van der Waals surface area contributed by atoms with Gasteiger partial charge in [0.25, 0.3) is 0 Å². The van der Waals surface area contributed by atoms with Crippen LogP contribution in [-0.4, -0.2) is 69.9 Å². The highest BCUT2D eigenvalue weighted by Crippen LogP contribution is 2.29. The summed E-state index contributed by atoms with van der Waals surface area (Å²) in [6, 6.07) is 16.4. The maximum atomic E-state index is 13.2. The van der Waals surface area contributed by atoms with Crippen LogP contribution in [0.25, 0.3) is 0 Å². The number of ether oxygens (including phenoxy) is 1. The van der Waals surface area contributed by atoms with Crippen LogP contribution in [0.15, 0.2) is 59.5 Å². The average Bonchev–Trinajstić information content (AvgIpc) is 2.84. The summed E-state index contributed by atoms with van der Waals surface area (Å²) in [7, 11) is -1.91. The van der Waals surface area contributed by atoms with Crippen LogP contribution in [0.3, 0.4) is 0 Å². The zero-order chi connectivity index (χ0) is 21.8. The van der Waals surface area contributed by atoms with Crippen molar-refractivity contribution in [2.24, 2.45) is 5.92 Å². The van der Waals surface area contributed by atoms with E-state index < -0.39 is 10.0 Å². The SMILES string of the molecule is COc1ccccc1N1CCN(C(=O)[C@H]2CCCN(S(=O)(=O)c3ccccc3)C2)CC1. The van der Waals surface area contributed by atoms with E-state index >= 15 is 0 Å². The second-order valence-corrected chi connectivity index (χ2v) is 9.94. The number of sulfonamides is 1. The number of carbonyl (C=O) groups is 1. The molecule has 2 heterocycles. The number of para-hydroxylation sites is 2. The minimum absolute atomic E-state index is 0.0626. The van der Waals surface area contributed by atoms with Gasteiger partial charge >= 0.3 is 0 Å². The first-order valence-corrected chi connectivity index (χ1v) is 12.2. The first kappa shape index (κ1) is 21.6. The number of piperidine rings is 1. The fraction of sp³-hybridized carbons (Fsp3) is 0.435. The highest BCUT2D eigenvalue weighted by Gasteiger charge is 2.36. The Balaban J connectivity index is 1.39. The van der Waals surface area contributed by atoms with Crippen molar-refractivity contribution in [3.05, 3.63) is 54.6 Å². The van der Waals surface area contributed by atoms with Gasteiger partial charge < -0.3 is 14.5 Å². The molecule has 8 heteroatoms. The molecule has 2 aliphatic heterocycles. The molecule has 0 N–H and O–H groups in total. The summed E-state index contributed by atoms with van der Waals surface area (Å²) in [5.74, 6) is 0.606. The van der Waals surface area contributed by atoms with Crippen LogP contribution in [0.5, 0.6) is 5.75 Å². The summed E-state index contributed by atoms with van der Waals surface area (Å²) < 4.78 is 32.9. The summed E-state index contributed by atoms with van der Waals surface area (Å²) in [4.78, 5) is 17.6. The van der Waals surface area contributed by atoms with Gasteiger partial charge in [-0.25, -0.2) is 8.42 Å². The Morgan fingerprint density at radius 1 is 0.935 bits per heavy atom. The van der Waals surface area contributed by atoms with Crippen LogP contribution in [0.4, 0.5) is 5.69 Å². The largest absolute Gasteiger partial charge is 0.495 e. The number of benzene rings is 2. The molecule has 2 fully saturated rings. The fourth-order valence-electron chi connectivity index (χ4n) is 4.42. The maximum absolute atomic E-state index is 13.2. The van der Waals surface area contributed by atoms with Crippen molar-refractivity contribution in [3.8, 4) is 5.75 Å². The minimum Gasteiger partial charge on any atom is -0.495 e. The second kappa shape index (κ2) is 9.28. The van der Waals surface area contributed by atoms with E-state index in [-0.39, 0.29) is 23.3 Å². The van der Waals surface area contributed by atoms with E-state index in [0.29, 0.717) is 26.1 Å². The maximum Gasteiger partial charge on any atom is 0.243 e. The Labute approximate surface area is 184 Å². The van der Waals surface area contributed by atoms with E-state index in [1.54, 1.807) is 37.4 Å². The fourth-order valence-corrected chi connectivity index (χ4v) is 5.97. The van der Waals surface area contributed by atoms with Gasteiger partial charge in [0.1, 0.15) is 5.75 Å². The first-order chi connectivity index (χ1) is 15.0. The van der Waals surface area contributed by atoms with Gasteiger partial charge in [-0.1, -0.05) is 30.3 Å². The third kappa shape index (κ3) is 4.55. The van der Waals surface area contributed by atoms with Gasteiger partial charge in [0.2, 0.25) is 15.9 Å². The number of hydrogen-bond acceptors (Lipinski definition) is 5. The monoisotopic (exact) mass is 443 g/mol. The summed E-state index contributed by atoms with van der Waals surface area (Å²) in [6.07, 6.45) is 1.43. The van der Waals surface area contributed by atoms with Crippen molar-refractivity contribution < 1.29 is 17.9 Å². The number of amides is 1. The van der Waals surface area contributed by atoms with Crippen molar-refractivity contribution in [2.75, 3.05) is 51.3 Å². The highest BCUT2D eigenvalue weighted by molar-refractivity contribution is 7.89. The van der Waals surface area contributed by atoms with Crippen LogP contribution < -0.4 is 9.64 Å². The van der Waals surface area contributed by atoms with E-state index in [0.717, 1.165) is 30.9 Å². The lowest BCUT2D eigenvalue weighted by atomic mass is 9.97. The Kier molecular flexibility index (Phi) is 6.48. The van der Waals surface area contributed by atoms with Gasteiger partial charge in [0, 0.05) is 39.3 Å². The number of hydrogen-bond donors (Lipinski definition) is 0. The van der Waals surface area contributed by atoms with E-state index in [4.69, 9.17) is 4.74 Å². The Bertz CT molecular complexity index is 1000. The van der Waals surface area contributed by atoms with Crippen molar-refractivity contribution in [3.63, 3.8) is 0 Å². The van der Waals surface area contributed by atoms with Crippen LogP contribution >= 0.6 is 0 Å². The Hall–Kier alpha value is -2.58. The Morgan fingerprint density at radius 3 is 2.32 bits per heavy atom. The van der Waals surface area contributed by atoms with Crippen molar-refractivity contribution in [1.82, 2.24) is 9.21 Å². The number of methoxy groups -OCH3 is 1. The van der Waals surface area contributed by atoms with Crippen LogP contribution in [-0.2, 0) is 14.8 Å². The lowest BCUT2D eigenvalue weighted by Crippen LogP contribution is -2.53. The van der Waals surface area contributed by atoms with Crippen LogP contribution in [0, 0.1) is 5.92 Å². The molecule has 0 aromatic heterocycles. The van der Waals surface area contributed by atoms with Crippen molar-refractivity contribution >= 4 is 21.6 Å². The molecule has 2 saturated heterocycles. The standard InChI is InChI=1S/C23H29N3O4S/c1-30-22-12-6-5-11-21(22)24-14-16-25(17-15-24)23(27)19-8-7-13-26(18-19)31(28,29)20-9-3-2-4-10-20/h2-6,9-12,19H,7-8,13-18H2,1H3/t19-/m0/s1. The second-order valence-electron chi connectivity index (χ2n) is 8.00. The predicted molar refractivity (Wildman–Crippen MR) is 120 cm³/mol. The normalized spacial score (nSPS) is 20.5. The van der Waals surface area contributed by atoms with E-state index in [1.165, 1.54) is 4.31 Å². The topological polar surface area (TPSA) is 70.2 Å². The lowest BCUT2D eigenvalue weighted by molar-refractivity contribution is -0.137. The number of nitrogens with zero attached hydrogens (tertiary/aromatic N) is 3. The molecular weight excluding hydrogens is 414 g/mol. The van der Waals surface area contributed by atoms with Crippen molar-refractivity contribution in [2.45, 2.75) is 17.7 Å². The third-order valence-electron chi connectivity index (χ3n) is 6.13. The molecule has 0 aliphatic carbocycles. The van der Waals surface area contributed by atoms with Crippen LogP contribution in [0.1, 0.15) is 12.8 Å². The lowest BCUT2D eigenvalue weighted by Gasteiger charge is -2.39. The number of piperazine rings is 1. The summed E-state index contributed by atoms with van der Waals surface area (Å²) >= 11 is 0. The van der Waals surface area contributed by atoms with E-state index in [2.05, 4.69) is 4.90 Å². The summed E-state index contributed by atoms with van der Waals surface area (Å²) in [6.45, 7) is 3.42. The Morgan fingerprint density at radius 2 is 1.61 bits per heavy atom. The molecule has 2 aromatic carbocycles. The molecular formula is C23H29N3O4S. The molecule has 0 bridgehead atoms. The molecule has 1 amide bonds. The zero-order valence-corrected chi connectivity index (χ0v) is 18.6. The molecule has 1 atom stereocenters. The minimum atomic E-state index is -3.57. The molecule has 0 saturated carbocycles. The van der Waals surface area contributed by atoms with Gasteiger partial charge in [-0.05, 0) is 37.1 Å². The van der Waals surface area contributed by atoms with Gasteiger partial charge in [-0.2, -0.15) is 4.31 Å². The smallest absolute Gasteiger partial charge is 0.243 e. The quantitative estimate of drug-likeness (QED) is 0.710. The van der Waals surface area contributed by atoms with E-state index in [1.807, 2.05) is 29.2 Å². The summed E-state index contributed by atoms with van der Waals surface area (Å²) in [5.41, 5.74) is 1.04. The third-order valence-corrected chi connectivity index (χ3v) is 8.01. The molecule has 0 radical (unpaired) electrons.